The van der Waals surface area contributed by atoms with E-state index in [2.05, 4.69) is 10.3 Å². The van der Waals surface area contributed by atoms with Crippen LogP contribution in [0.4, 0.5) is 5.69 Å². The van der Waals surface area contributed by atoms with E-state index in [-0.39, 0.29) is 5.91 Å². The van der Waals surface area contributed by atoms with Crippen molar-refractivity contribution >= 4 is 28.5 Å². The normalized spacial score (nSPS) is 18.8. The topological polar surface area (TPSA) is 59.9 Å². The number of benzene rings is 2. The Hall–Kier alpha value is -2.47. The third-order valence-corrected chi connectivity index (χ3v) is 4.52. The molecule has 0 aromatic heterocycles. The number of amidine groups is 1. The van der Waals surface area contributed by atoms with Crippen LogP contribution < -0.4 is 14.8 Å². The fourth-order valence-corrected chi connectivity index (χ4v) is 3.31. The molecule has 1 heterocycles. The van der Waals surface area contributed by atoms with Crippen molar-refractivity contribution in [2.24, 2.45) is 4.99 Å². The number of nitrogens with one attached hydrogen (secondary N) is 1. The number of ether oxygens (including phenoxy) is 2. The monoisotopic (exact) mass is 328 g/mol. The molecule has 0 radical (unpaired) electrons. The molecule has 6 heteroatoms. The Balaban J connectivity index is 1.90. The lowest BCUT2D eigenvalue weighted by Gasteiger charge is -2.13. The summed E-state index contributed by atoms with van der Waals surface area (Å²) < 4.78 is 10.6. The number of para-hydroxylation sites is 1. The molecule has 5 nitrogen and oxygen atoms in total. The van der Waals surface area contributed by atoms with Crippen LogP contribution in [0.1, 0.15) is 10.8 Å². The zero-order valence-electron chi connectivity index (χ0n) is 12.8. The summed E-state index contributed by atoms with van der Waals surface area (Å²) in [6.45, 7) is 0. The summed E-state index contributed by atoms with van der Waals surface area (Å²) in [4.78, 5) is 16.8. The van der Waals surface area contributed by atoms with E-state index >= 15 is 0 Å². The molecule has 1 amide bonds. The molecule has 0 aliphatic carbocycles. The highest BCUT2D eigenvalue weighted by Gasteiger charge is 2.34. The quantitative estimate of drug-likeness (QED) is 0.935. The van der Waals surface area contributed by atoms with Gasteiger partial charge < -0.3 is 14.8 Å². The summed E-state index contributed by atoms with van der Waals surface area (Å²) in [5.41, 5.74) is 1.57. The van der Waals surface area contributed by atoms with Crippen molar-refractivity contribution in [2.45, 2.75) is 5.25 Å². The van der Waals surface area contributed by atoms with Crippen LogP contribution in [-0.4, -0.2) is 25.3 Å². The van der Waals surface area contributed by atoms with Gasteiger partial charge in [0.1, 0.15) is 16.7 Å². The Labute approximate surface area is 138 Å². The smallest absolute Gasteiger partial charge is 0.244 e. The maximum atomic E-state index is 12.3. The van der Waals surface area contributed by atoms with Crippen molar-refractivity contribution in [3.63, 3.8) is 0 Å². The second-order valence-corrected chi connectivity index (χ2v) is 5.94. The maximum absolute atomic E-state index is 12.3. The Morgan fingerprint density at radius 3 is 2.57 bits per heavy atom. The molecule has 1 aliphatic rings. The lowest BCUT2D eigenvalue weighted by molar-refractivity contribution is -0.118. The standard InChI is InChI=1S/C17H16N2O3S/c1-21-12-8-9-14(22-2)13(10-12)15-16(20)19-17(23-15)18-11-6-4-3-5-7-11/h3-10,15H,1-2H3,(H,18,19,20). The van der Waals surface area contributed by atoms with E-state index in [0.29, 0.717) is 16.7 Å². The SMILES string of the molecule is COc1ccc(OC)c(C2SC(=Nc3ccccc3)NC2=O)c1. The van der Waals surface area contributed by atoms with E-state index in [0.717, 1.165) is 11.3 Å². The summed E-state index contributed by atoms with van der Waals surface area (Å²) in [6, 6.07) is 14.9. The summed E-state index contributed by atoms with van der Waals surface area (Å²) in [5.74, 6) is 1.22. The van der Waals surface area contributed by atoms with Crippen LogP contribution in [0.25, 0.3) is 0 Å². The van der Waals surface area contributed by atoms with Crippen LogP contribution in [0, 0.1) is 0 Å². The highest BCUT2D eigenvalue weighted by molar-refractivity contribution is 8.15. The van der Waals surface area contributed by atoms with Gasteiger partial charge in [-0.15, -0.1) is 0 Å². The van der Waals surface area contributed by atoms with E-state index in [1.54, 1.807) is 26.4 Å². The van der Waals surface area contributed by atoms with Crippen molar-refractivity contribution in [2.75, 3.05) is 14.2 Å². The van der Waals surface area contributed by atoms with E-state index in [1.807, 2.05) is 36.4 Å². The largest absolute Gasteiger partial charge is 0.497 e. The predicted molar refractivity (Wildman–Crippen MR) is 91.6 cm³/mol. The number of methoxy groups -OCH3 is 2. The van der Waals surface area contributed by atoms with Gasteiger partial charge in [-0.3, -0.25) is 4.79 Å². The second kappa shape index (κ2) is 6.75. The highest BCUT2D eigenvalue weighted by atomic mass is 32.2. The fourth-order valence-electron chi connectivity index (χ4n) is 2.29. The van der Waals surface area contributed by atoms with Gasteiger partial charge in [-0.25, -0.2) is 4.99 Å². The molecule has 1 saturated heterocycles. The summed E-state index contributed by atoms with van der Waals surface area (Å²) in [6.07, 6.45) is 0. The van der Waals surface area contributed by atoms with Gasteiger partial charge in [0.05, 0.1) is 19.9 Å². The molecule has 1 fully saturated rings. The minimum absolute atomic E-state index is 0.115. The number of rotatable bonds is 4. The molecule has 0 saturated carbocycles. The third kappa shape index (κ3) is 3.32. The Morgan fingerprint density at radius 2 is 1.87 bits per heavy atom. The number of nitrogens with zero attached hydrogens (tertiary/aromatic N) is 1. The first-order chi connectivity index (χ1) is 11.2. The van der Waals surface area contributed by atoms with Crippen molar-refractivity contribution < 1.29 is 14.3 Å². The Bertz CT molecular complexity index is 747. The first-order valence-electron chi connectivity index (χ1n) is 7.04. The van der Waals surface area contributed by atoms with Gasteiger partial charge >= 0.3 is 0 Å². The van der Waals surface area contributed by atoms with E-state index < -0.39 is 5.25 Å². The van der Waals surface area contributed by atoms with Crippen LogP contribution in [0.2, 0.25) is 0 Å². The molecule has 0 spiro atoms. The first-order valence-corrected chi connectivity index (χ1v) is 7.92. The molecule has 0 bridgehead atoms. The zero-order chi connectivity index (χ0) is 16.2. The minimum atomic E-state index is -0.414. The fraction of sp³-hybridized carbons (Fsp3) is 0.176. The van der Waals surface area contributed by atoms with Gasteiger partial charge in [0.2, 0.25) is 5.91 Å². The molecule has 118 valence electrons. The van der Waals surface area contributed by atoms with Gasteiger partial charge in [-0.05, 0) is 30.3 Å². The number of thioether (sulfide) groups is 1. The average Bonchev–Trinajstić information content (AvgIpc) is 2.95. The van der Waals surface area contributed by atoms with Crippen LogP contribution in [0.3, 0.4) is 0 Å². The summed E-state index contributed by atoms with van der Waals surface area (Å²) in [5, 5.41) is 2.98. The van der Waals surface area contributed by atoms with Crippen molar-refractivity contribution in [3.05, 3.63) is 54.1 Å². The number of amides is 1. The molecule has 1 aliphatic heterocycles. The second-order valence-electron chi connectivity index (χ2n) is 4.85. The van der Waals surface area contributed by atoms with Gasteiger partial charge in [0, 0.05) is 5.56 Å². The van der Waals surface area contributed by atoms with E-state index in [1.165, 1.54) is 11.8 Å². The van der Waals surface area contributed by atoms with Crippen molar-refractivity contribution in [3.8, 4) is 11.5 Å². The molecular weight excluding hydrogens is 312 g/mol. The van der Waals surface area contributed by atoms with Crippen molar-refractivity contribution in [1.29, 1.82) is 0 Å². The number of hydrogen-bond donors (Lipinski definition) is 1. The number of carbonyl (C=O) groups excluding carboxylic acids is 1. The van der Waals surface area contributed by atoms with Crippen molar-refractivity contribution in [1.82, 2.24) is 5.32 Å². The van der Waals surface area contributed by atoms with Crippen LogP contribution >= 0.6 is 11.8 Å². The number of hydrogen-bond acceptors (Lipinski definition) is 5. The Kier molecular flexibility index (Phi) is 4.52. The summed E-state index contributed by atoms with van der Waals surface area (Å²) >= 11 is 1.37. The number of carbonyl (C=O) groups is 1. The molecule has 1 N–H and O–H groups in total. The van der Waals surface area contributed by atoms with E-state index in [9.17, 15) is 4.79 Å². The molecular formula is C17H16N2O3S. The maximum Gasteiger partial charge on any atom is 0.244 e. The minimum Gasteiger partial charge on any atom is -0.497 e. The molecule has 2 aromatic rings. The molecule has 3 rings (SSSR count). The van der Waals surface area contributed by atoms with E-state index in [4.69, 9.17) is 9.47 Å². The van der Waals surface area contributed by atoms with Gasteiger partial charge in [-0.1, -0.05) is 30.0 Å². The van der Waals surface area contributed by atoms with Crippen LogP contribution in [0.5, 0.6) is 11.5 Å². The molecule has 2 aromatic carbocycles. The van der Waals surface area contributed by atoms with Gasteiger partial charge in [-0.2, -0.15) is 0 Å². The molecule has 1 atom stereocenters. The Morgan fingerprint density at radius 1 is 1.09 bits per heavy atom. The first kappa shape index (κ1) is 15.4. The predicted octanol–water partition coefficient (Wildman–Crippen LogP) is 3.30. The lowest BCUT2D eigenvalue weighted by Crippen LogP contribution is -2.21. The third-order valence-electron chi connectivity index (χ3n) is 3.40. The van der Waals surface area contributed by atoms with Gasteiger partial charge in [0.25, 0.3) is 0 Å². The van der Waals surface area contributed by atoms with Crippen LogP contribution in [-0.2, 0) is 4.79 Å². The average molecular weight is 328 g/mol. The molecule has 23 heavy (non-hydrogen) atoms. The number of aliphatic imine (C=N–C) groups is 1. The molecule has 1 unspecified atom stereocenters. The van der Waals surface area contributed by atoms with Gasteiger partial charge in [0.15, 0.2) is 5.17 Å². The summed E-state index contributed by atoms with van der Waals surface area (Å²) in [7, 11) is 3.18. The lowest BCUT2D eigenvalue weighted by atomic mass is 10.1. The zero-order valence-corrected chi connectivity index (χ0v) is 13.6. The van der Waals surface area contributed by atoms with Crippen LogP contribution in [0.15, 0.2) is 53.5 Å². The highest BCUT2D eigenvalue weighted by Crippen LogP contribution is 2.41.